The molecule has 0 saturated carbocycles. The molecule has 0 aromatic carbocycles. The summed E-state index contributed by atoms with van der Waals surface area (Å²) in [5.41, 5.74) is 0.766. The van der Waals surface area contributed by atoms with E-state index in [1.807, 2.05) is 33.8 Å². The van der Waals surface area contributed by atoms with Crippen molar-refractivity contribution in [1.29, 1.82) is 0 Å². The Morgan fingerprint density at radius 2 is 2.19 bits per heavy atom. The molecule has 2 N–H and O–H groups in total. The lowest BCUT2D eigenvalue weighted by atomic mass is 9.84. The van der Waals surface area contributed by atoms with E-state index in [0.29, 0.717) is 24.6 Å². The molecular formula is C14H21N5O2. The van der Waals surface area contributed by atoms with Crippen molar-refractivity contribution in [3.8, 4) is 0 Å². The van der Waals surface area contributed by atoms with Gasteiger partial charge in [0.2, 0.25) is 0 Å². The fourth-order valence-corrected chi connectivity index (χ4v) is 2.27. The molecule has 0 saturated heterocycles. The van der Waals surface area contributed by atoms with Gasteiger partial charge in [0.25, 0.3) is 5.78 Å². The number of fused-ring (bicyclic) bond motifs is 1. The van der Waals surface area contributed by atoms with Crippen molar-refractivity contribution >= 4 is 17.6 Å². The number of aliphatic carboxylic acids is 1. The van der Waals surface area contributed by atoms with Crippen LogP contribution in [0.4, 0.5) is 5.82 Å². The molecule has 2 rings (SSSR count). The minimum Gasteiger partial charge on any atom is -0.481 e. The van der Waals surface area contributed by atoms with Crippen LogP contribution < -0.4 is 5.32 Å². The molecule has 0 spiro atoms. The number of anilines is 1. The van der Waals surface area contributed by atoms with Gasteiger partial charge in [0.1, 0.15) is 12.1 Å². The largest absolute Gasteiger partial charge is 0.481 e. The molecule has 2 aromatic rings. The predicted molar refractivity (Wildman–Crippen MR) is 79.2 cm³/mol. The van der Waals surface area contributed by atoms with Gasteiger partial charge in [-0.2, -0.15) is 14.6 Å². The van der Waals surface area contributed by atoms with Crippen molar-refractivity contribution in [3.05, 3.63) is 18.1 Å². The van der Waals surface area contributed by atoms with E-state index in [2.05, 4.69) is 20.4 Å². The van der Waals surface area contributed by atoms with Crippen LogP contribution in [0.3, 0.4) is 0 Å². The number of nitrogens with zero attached hydrogens (tertiary/aromatic N) is 4. The zero-order chi connectivity index (χ0) is 15.6. The Kier molecular flexibility index (Phi) is 4.11. The summed E-state index contributed by atoms with van der Waals surface area (Å²) in [6.45, 7) is 8.31. The molecule has 0 aliphatic carbocycles. The lowest BCUT2D eigenvalue weighted by molar-refractivity contribution is -0.142. The number of hydrogen-bond donors (Lipinski definition) is 2. The third-order valence-corrected chi connectivity index (χ3v) is 3.12. The zero-order valence-corrected chi connectivity index (χ0v) is 12.8. The molecule has 2 heterocycles. The first-order valence-electron chi connectivity index (χ1n) is 6.90. The molecule has 0 aliphatic heterocycles. The third kappa shape index (κ3) is 3.90. The number of rotatable bonds is 5. The molecule has 0 amide bonds. The van der Waals surface area contributed by atoms with Crippen LogP contribution in [0.25, 0.3) is 5.78 Å². The van der Waals surface area contributed by atoms with Crippen molar-refractivity contribution in [2.75, 3.05) is 11.9 Å². The van der Waals surface area contributed by atoms with E-state index in [9.17, 15) is 9.90 Å². The van der Waals surface area contributed by atoms with Crippen LogP contribution in [0.15, 0.2) is 12.4 Å². The lowest BCUT2D eigenvalue weighted by Gasteiger charge is -2.23. The van der Waals surface area contributed by atoms with Crippen molar-refractivity contribution < 1.29 is 9.90 Å². The maximum atomic E-state index is 11.4. The highest BCUT2D eigenvalue weighted by Gasteiger charge is 2.24. The fourth-order valence-electron chi connectivity index (χ4n) is 2.27. The van der Waals surface area contributed by atoms with Crippen LogP contribution in [-0.2, 0) is 4.79 Å². The summed E-state index contributed by atoms with van der Waals surface area (Å²) in [6, 6.07) is 1.83. The number of nitrogens with one attached hydrogen (secondary N) is 1. The second-order valence-electron chi connectivity index (χ2n) is 6.44. The van der Waals surface area contributed by atoms with Gasteiger partial charge < -0.3 is 10.4 Å². The molecule has 21 heavy (non-hydrogen) atoms. The van der Waals surface area contributed by atoms with Gasteiger partial charge in [-0.25, -0.2) is 4.98 Å². The Morgan fingerprint density at radius 1 is 1.48 bits per heavy atom. The van der Waals surface area contributed by atoms with E-state index in [0.717, 1.165) is 5.69 Å². The van der Waals surface area contributed by atoms with E-state index in [1.165, 1.54) is 6.33 Å². The normalized spacial score (nSPS) is 13.3. The van der Waals surface area contributed by atoms with E-state index < -0.39 is 11.9 Å². The van der Waals surface area contributed by atoms with Gasteiger partial charge in [-0.1, -0.05) is 20.8 Å². The molecule has 7 nitrogen and oxygen atoms in total. The zero-order valence-electron chi connectivity index (χ0n) is 12.8. The van der Waals surface area contributed by atoms with Gasteiger partial charge in [-0.05, 0) is 18.8 Å². The minimum atomic E-state index is -0.793. The molecule has 1 atom stereocenters. The maximum Gasteiger partial charge on any atom is 0.308 e. The highest BCUT2D eigenvalue weighted by atomic mass is 16.4. The number of aryl methyl sites for hydroxylation is 1. The number of carboxylic acid groups (broad SMARTS) is 1. The van der Waals surface area contributed by atoms with Crippen LogP contribution in [0.2, 0.25) is 0 Å². The smallest absolute Gasteiger partial charge is 0.308 e. The minimum absolute atomic E-state index is 0.0402. The molecular weight excluding hydrogens is 270 g/mol. The molecule has 0 bridgehead atoms. The Balaban J connectivity index is 2.16. The van der Waals surface area contributed by atoms with Gasteiger partial charge in [0, 0.05) is 18.3 Å². The first-order valence-corrected chi connectivity index (χ1v) is 6.90. The maximum absolute atomic E-state index is 11.4. The lowest BCUT2D eigenvalue weighted by Crippen LogP contribution is -2.28. The first kappa shape index (κ1) is 15.2. The van der Waals surface area contributed by atoms with Crippen LogP contribution in [0.5, 0.6) is 0 Å². The number of carbonyl (C=O) groups is 1. The molecule has 7 heteroatoms. The van der Waals surface area contributed by atoms with E-state index >= 15 is 0 Å². The van der Waals surface area contributed by atoms with Gasteiger partial charge in [0.05, 0.1) is 5.92 Å². The third-order valence-electron chi connectivity index (χ3n) is 3.12. The van der Waals surface area contributed by atoms with E-state index in [1.54, 1.807) is 4.52 Å². The molecule has 1 unspecified atom stereocenters. The summed E-state index contributed by atoms with van der Waals surface area (Å²) in [7, 11) is 0. The topological polar surface area (TPSA) is 92.4 Å². The fraction of sp³-hybridized carbons (Fsp3) is 0.571. The van der Waals surface area contributed by atoms with Crippen LogP contribution in [0.1, 0.15) is 32.9 Å². The van der Waals surface area contributed by atoms with Crippen LogP contribution in [-0.4, -0.2) is 37.2 Å². The van der Waals surface area contributed by atoms with Gasteiger partial charge in [-0.15, -0.1) is 0 Å². The van der Waals surface area contributed by atoms with Crippen LogP contribution in [0, 0.1) is 18.3 Å². The van der Waals surface area contributed by atoms with Crippen molar-refractivity contribution in [2.45, 2.75) is 34.1 Å². The Hall–Kier alpha value is -2.18. The Labute approximate surface area is 123 Å². The summed E-state index contributed by atoms with van der Waals surface area (Å²) >= 11 is 0. The Morgan fingerprint density at radius 3 is 2.81 bits per heavy atom. The second kappa shape index (κ2) is 5.67. The van der Waals surface area contributed by atoms with Gasteiger partial charge in [0.15, 0.2) is 0 Å². The molecule has 0 aliphatic rings. The SMILES string of the molecule is Cc1cc(NCC(CC(C)(C)C)C(=O)O)n2ncnc2n1. The highest BCUT2D eigenvalue weighted by Crippen LogP contribution is 2.25. The summed E-state index contributed by atoms with van der Waals surface area (Å²) in [5, 5.41) is 16.6. The monoisotopic (exact) mass is 291 g/mol. The van der Waals surface area contributed by atoms with Gasteiger partial charge in [-0.3, -0.25) is 4.79 Å². The quantitative estimate of drug-likeness (QED) is 0.875. The summed E-state index contributed by atoms with van der Waals surface area (Å²) in [6.07, 6.45) is 2.02. The second-order valence-corrected chi connectivity index (χ2v) is 6.44. The first-order chi connectivity index (χ1) is 9.76. The standard InChI is InChI=1S/C14H21N5O2/c1-9-5-11(19-13(18-9)16-8-17-19)15-7-10(12(20)21)6-14(2,3)4/h5,8,10,15H,6-7H2,1-4H3,(H,20,21). The van der Waals surface area contributed by atoms with E-state index in [-0.39, 0.29) is 5.41 Å². The van der Waals surface area contributed by atoms with Crippen molar-refractivity contribution in [1.82, 2.24) is 19.6 Å². The summed E-state index contributed by atoms with van der Waals surface area (Å²) < 4.78 is 1.57. The number of carboxylic acids is 1. The number of aromatic nitrogens is 4. The summed E-state index contributed by atoms with van der Waals surface area (Å²) in [5.74, 6) is -0.0505. The summed E-state index contributed by atoms with van der Waals surface area (Å²) in [4.78, 5) is 19.7. The van der Waals surface area contributed by atoms with E-state index in [4.69, 9.17) is 0 Å². The van der Waals surface area contributed by atoms with Crippen molar-refractivity contribution in [2.24, 2.45) is 11.3 Å². The van der Waals surface area contributed by atoms with Crippen molar-refractivity contribution in [3.63, 3.8) is 0 Å². The molecule has 114 valence electrons. The van der Waals surface area contributed by atoms with Gasteiger partial charge >= 0.3 is 5.97 Å². The molecule has 0 radical (unpaired) electrons. The Bertz CT molecular complexity index is 644. The predicted octanol–water partition coefficient (Wildman–Crippen LogP) is 1.98. The average molecular weight is 291 g/mol. The number of hydrogen-bond acceptors (Lipinski definition) is 5. The molecule has 0 fully saturated rings. The highest BCUT2D eigenvalue weighted by molar-refractivity contribution is 5.70. The molecule has 2 aromatic heterocycles. The van der Waals surface area contributed by atoms with Crippen LogP contribution >= 0.6 is 0 Å². The average Bonchev–Trinajstić information content (AvgIpc) is 2.80.